The molecule has 1 amide bonds. The molecular formula is C21H22N2O3S. The van der Waals surface area contributed by atoms with Gasteiger partial charge in [-0.05, 0) is 43.2 Å². The molecule has 1 aromatic heterocycles. The summed E-state index contributed by atoms with van der Waals surface area (Å²) in [5, 5.41) is 1.13. The molecule has 0 saturated carbocycles. The van der Waals surface area contributed by atoms with E-state index in [9.17, 15) is 4.79 Å². The van der Waals surface area contributed by atoms with Gasteiger partial charge in [0, 0.05) is 24.6 Å². The Hall–Kier alpha value is -2.60. The Balaban J connectivity index is 1.54. The number of benzene rings is 2. The highest BCUT2D eigenvalue weighted by Gasteiger charge is 2.28. The number of hydrogen-bond acceptors (Lipinski definition) is 5. The number of hydrogen-bond donors (Lipinski definition) is 0. The number of ether oxygens (including phenoxy) is 2. The van der Waals surface area contributed by atoms with Crippen molar-refractivity contribution in [3.8, 4) is 11.5 Å². The van der Waals surface area contributed by atoms with E-state index in [-0.39, 0.29) is 5.91 Å². The standard InChI is InChI=1S/C21H22N2O3S/c1-25-17-10-9-14(12-18(17)26-2)21(24)23-11-5-6-15(13-23)20-22-16-7-3-4-8-19(16)27-20/h3-4,7-10,12,15H,5-6,11,13H2,1-2H3/t15-/m1/s1. The lowest BCUT2D eigenvalue weighted by Gasteiger charge is -2.32. The number of methoxy groups -OCH3 is 2. The molecule has 0 bridgehead atoms. The number of likely N-dealkylation sites (tertiary alicyclic amines) is 1. The maximum atomic E-state index is 13.0. The lowest BCUT2D eigenvalue weighted by Crippen LogP contribution is -2.39. The predicted molar refractivity (Wildman–Crippen MR) is 107 cm³/mol. The minimum atomic E-state index is 0.0294. The monoisotopic (exact) mass is 382 g/mol. The van der Waals surface area contributed by atoms with Gasteiger partial charge in [0.1, 0.15) is 0 Å². The van der Waals surface area contributed by atoms with E-state index in [1.165, 1.54) is 4.70 Å². The molecule has 3 aromatic rings. The zero-order valence-electron chi connectivity index (χ0n) is 15.5. The molecule has 0 radical (unpaired) electrons. The summed E-state index contributed by atoms with van der Waals surface area (Å²) >= 11 is 1.74. The molecule has 0 aliphatic carbocycles. The second-order valence-electron chi connectivity index (χ2n) is 6.68. The van der Waals surface area contributed by atoms with Crippen LogP contribution in [0.15, 0.2) is 42.5 Å². The summed E-state index contributed by atoms with van der Waals surface area (Å²) in [4.78, 5) is 19.8. The number of piperidine rings is 1. The summed E-state index contributed by atoms with van der Waals surface area (Å²) in [6.07, 6.45) is 2.05. The predicted octanol–water partition coefficient (Wildman–Crippen LogP) is 4.33. The Morgan fingerprint density at radius 2 is 1.96 bits per heavy atom. The topological polar surface area (TPSA) is 51.7 Å². The number of nitrogens with zero attached hydrogens (tertiary/aromatic N) is 2. The first-order chi connectivity index (χ1) is 13.2. The van der Waals surface area contributed by atoms with Gasteiger partial charge in [0.15, 0.2) is 11.5 Å². The van der Waals surface area contributed by atoms with Crippen molar-refractivity contribution in [1.29, 1.82) is 0 Å². The van der Waals surface area contributed by atoms with Crippen LogP contribution in [-0.4, -0.2) is 43.1 Å². The maximum absolute atomic E-state index is 13.0. The Labute approximate surface area is 162 Å². The highest BCUT2D eigenvalue weighted by molar-refractivity contribution is 7.18. The quantitative estimate of drug-likeness (QED) is 0.674. The van der Waals surface area contributed by atoms with Crippen molar-refractivity contribution in [2.24, 2.45) is 0 Å². The first-order valence-electron chi connectivity index (χ1n) is 9.06. The van der Waals surface area contributed by atoms with Gasteiger partial charge >= 0.3 is 0 Å². The van der Waals surface area contributed by atoms with Gasteiger partial charge in [0.25, 0.3) is 5.91 Å². The molecule has 1 aliphatic rings. The lowest BCUT2D eigenvalue weighted by molar-refractivity contribution is 0.0706. The fraction of sp³-hybridized carbons (Fsp3) is 0.333. The number of aromatic nitrogens is 1. The highest BCUT2D eigenvalue weighted by Crippen LogP contribution is 2.34. The van der Waals surface area contributed by atoms with Gasteiger partial charge < -0.3 is 14.4 Å². The van der Waals surface area contributed by atoms with Crippen LogP contribution in [0, 0.1) is 0 Å². The van der Waals surface area contributed by atoms with E-state index < -0.39 is 0 Å². The van der Waals surface area contributed by atoms with Crippen molar-refractivity contribution in [2.75, 3.05) is 27.3 Å². The minimum Gasteiger partial charge on any atom is -0.493 e. The fourth-order valence-electron chi connectivity index (χ4n) is 3.58. The van der Waals surface area contributed by atoms with Crippen molar-refractivity contribution in [2.45, 2.75) is 18.8 Å². The van der Waals surface area contributed by atoms with Gasteiger partial charge in [-0.2, -0.15) is 0 Å². The van der Waals surface area contributed by atoms with E-state index in [0.717, 1.165) is 29.9 Å². The Kier molecular flexibility index (Phi) is 4.99. The second kappa shape index (κ2) is 7.56. The van der Waals surface area contributed by atoms with Crippen LogP contribution in [0.3, 0.4) is 0 Å². The van der Waals surface area contributed by atoms with Crippen molar-refractivity contribution < 1.29 is 14.3 Å². The molecule has 4 rings (SSSR count). The highest BCUT2D eigenvalue weighted by atomic mass is 32.1. The first kappa shape index (κ1) is 17.8. The summed E-state index contributed by atoms with van der Waals surface area (Å²) in [6, 6.07) is 13.5. The third-order valence-corrected chi connectivity index (χ3v) is 6.20. The summed E-state index contributed by atoms with van der Waals surface area (Å²) in [7, 11) is 3.17. The van der Waals surface area contributed by atoms with Gasteiger partial charge in [-0.3, -0.25) is 4.79 Å². The Bertz CT molecular complexity index is 936. The Morgan fingerprint density at radius 1 is 1.15 bits per heavy atom. The third-order valence-electron chi connectivity index (χ3n) is 5.00. The van der Waals surface area contributed by atoms with Gasteiger partial charge in [-0.1, -0.05) is 12.1 Å². The summed E-state index contributed by atoms with van der Waals surface area (Å²) in [5.74, 6) is 1.52. The molecule has 1 fully saturated rings. The van der Waals surface area contributed by atoms with E-state index in [1.807, 2.05) is 23.1 Å². The number of para-hydroxylation sites is 1. The maximum Gasteiger partial charge on any atom is 0.254 e. The van der Waals surface area contributed by atoms with Crippen molar-refractivity contribution >= 4 is 27.5 Å². The van der Waals surface area contributed by atoms with Crippen molar-refractivity contribution in [3.63, 3.8) is 0 Å². The van der Waals surface area contributed by atoms with Crippen LogP contribution in [0.25, 0.3) is 10.2 Å². The number of rotatable bonds is 4. The largest absolute Gasteiger partial charge is 0.493 e. The first-order valence-corrected chi connectivity index (χ1v) is 9.88. The zero-order chi connectivity index (χ0) is 18.8. The fourth-order valence-corrected chi connectivity index (χ4v) is 4.67. The van der Waals surface area contributed by atoms with E-state index in [0.29, 0.717) is 29.5 Å². The van der Waals surface area contributed by atoms with Crippen LogP contribution in [0.4, 0.5) is 0 Å². The molecule has 0 N–H and O–H groups in total. The van der Waals surface area contributed by atoms with Crippen LogP contribution < -0.4 is 9.47 Å². The summed E-state index contributed by atoms with van der Waals surface area (Å²) in [6.45, 7) is 1.47. The van der Waals surface area contributed by atoms with Crippen LogP contribution in [0.2, 0.25) is 0 Å². The molecule has 6 heteroatoms. The molecule has 27 heavy (non-hydrogen) atoms. The number of carbonyl (C=O) groups excluding carboxylic acids is 1. The molecule has 2 heterocycles. The molecule has 1 aliphatic heterocycles. The molecule has 1 atom stereocenters. The van der Waals surface area contributed by atoms with Gasteiger partial charge in [0.2, 0.25) is 0 Å². The van der Waals surface area contributed by atoms with Crippen LogP contribution in [0.1, 0.15) is 34.1 Å². The molecule has 0 unspecified atom stereocenters. The average Bonchev–Trinajstić information content (AvgIpc) is 3.17. The van der Waals surface area contributed by atoms with Gasteiger partial charge in [0.05, 0.1) is 29.4 Å². The van der Waals surface area contributed by atoms with Crippen LogP contribution in [0.5, 0.6) is 11.5 Å². The molecule has 5 nitrogen and oxygen atoms in total. The van der Waals surface area contributed by atoms with Crippen molar-refractivity contribution in [1.82, 2.24) is 9.88 Å². The Morgan fingerprint density at radius 3 is 2.74 bits per heavy atom. The molecular weight excluding hydrogens is 360 g/mol. The van der Waals surface area contributed by atoms with E-state index >= 15 is 0 Å². The average molecular weight is 382 g/mol. The molecule has 2 aromatic carbocycles. The molecule has 140 valence electrons. The van der Waals surface area contributed by atoms with E-state index in [1.54, 1.807) is 43.8 Å². The van der Waals surface area contributed by atoms with Gasteiger partial charge in [-0.15, -0.1) is 11.3 Å². The lowest BCUT2D eigenvalue weighted by atomic mass is 9.98. The smallest absolute Gasteiger partial charge is 0.254 e. The zero-order valence-corrected chi connectivity index (χ0v) is 16.3. The SMILES string of the molecule is COc1ccc(C(=O)N2CCC[C@@H](c3nc4ccccc4s3)C2)cc1OC. The molecule has 1 saturated heterocycles. The van der Waals surface area contributed by atoms with E-state index in [4.69, 9.17) is 14.5 Å². The van der Waals surface area contributed by atoms with Crippen LogP contribution >= 0.6 is 11.3 Å². The van der Waals surface area contributed by atoms with Crippen molar-refractivity contribution in [3.05, 3.63) is 53.0 Å². The molecule has 0 spiro atoms. The minimum absolute atomic E-state index is 0.0294. The number of amides is 1. The number of fused-ring (bicyclic) bond motifs is 1. The number of thiazole rings is 1. The summed E-state index contributed by atoms with van der Waals surface area (Å²) < 4.78 is 11.8. The third kappa shape index (κ3) is 3.49. The normalized spacial score (nSPS) is 17.1. The van der Waals surface area contributed by atoms with Gasteiger partial charge in [-0.25, -0.2) is 4.98 Å². The van der Waals surface area contributed by atoms with E-state index in [2.05, 4.69) is 6.07 Å². The second-order valence-corrected chi connectivity index (χ2v) is 7.74. The summed E-state index contributed by atoms with van der Waals surface area (Å²) in [5.41, 5.74) is 1.67. The number of carbonyl (C=O) groups is 1. The van der Waals surface area contributed by atoms with Crippen LogP contribution in [-0.2, 0) is 0 Å².